The molecule has 8 heavy (non-hydrogen) atoms. The summed E-state index contributed by atoms with van der Waals surface area (Å²) in [4.78, 5) is 0. The molecule has 0 fully saturated rings. The molecule has 0 amide bonds. The van der Waals surface area contributed by atoms with E-state index in [1.54, 1.807) is 0 Å². The summed E-state index contributed by atoms with van der Waals surface area (Å²) >= 11 is 0. The number of hydrogen-bond acceptors (Lipinski definition) is 1. The van der Waals surface area contributed by atoms with Crippen molar-refractivity contribution in [1.29, 1.82) is 0 Å². The van der Waals surface area contributed by atoms with Crippen LogP contribution < -0.4 is 5.73 Å². The van der Waals surface area contributed by atoms with E-state index in [0.29, 0.717) is 0 Å². The van der Waals surface area contributed by atoms with Crippen molar-refractivity contribution in [2.75, 3.05) is 0 Å². The molecule has 2 N–H and O–H groups in total. The van der Waals surface area contributed by atoms with Crippen molar-refractivity contribution in [3.05, 3.63) is 23.4 Å². The zero-order valence-corrected chi connectivity index (χ0v) is 5.78. The molecule has 0 heterocycles. The smallest absolute Gasteiger partial charge is 0.0324 e. The van der Waals surface area contributed by atoms with Crippen molar-refractivity contribution in [2.45, 2.75) is 20.8 Å². The molecule has 0 aromatic heterocycles. The molecule has 0 atom stereocenters. The fourth-order valence-electron chi connectivity index (χ4n) is 0.427. The molecule has 0 radical (unpaired) electrons. The van der Waals surface area contributed by atoms with Gasteiger partial charge in [-0.15, -0.1) is 0 Å². The van der Waals surface area contributed by atoms with Crippen LogP contribution >= 0.6 is 0 Å². The van der Waals surface area contributed by atoms with Gasteiger partial charge in [0.15, 0.2) is 0 Å². The number of allylic oxidation sites excluding steroid dienone is 2. The van der Waals surface area contributed by atoms with E-state index in [-0.39, 0.29) is 0 Å². The standard InChI is InChI=1S/C7H13N/c1-5(2)7(8)6(3)4/h1,8H2,2-4H3. The van der Waals surface area contributed by atoms with Crippen LogP contribution in [0.4, 0.5) is 0 Å². The molecular formula is C7H13N. The number of nitrogens with two attached hydrogens (primary N) is 1. The van der Waals surface area contributed by atoms with Crippen molar-refractivity contribution < 1.29 is 0 Å². The molecule has 0 aromatic rings. The number of hydrogen-bond donors (Lipinski definition) is 1. The summed E-state index contributed by atoms with van der Waals surface area (Å²) in [5.41, 5.74) is 8.45. The van der Waals surface area contributed by atoms with Crippen LogP contribution in [0.2, 0.25) is 0 Å². The van der Waals surface area contributed by atoms with E-state index in [9.17, 15) is 0 Å². The highest BCUT2D eigenvalue weighted by Crippen LogP contribution is 2.03. The van der Waals surface area contributed by atoms with Crippen LogP contribution in [0.25, 0.3) is 0 Å². The maximum absolute atomic E-state index is 5.54. The first-order valence-electron chi connectivity index (χ1n) is 2.64. The van der Waals surface area contributed by atoms with Crippen LogP contribution in [-0.4, -0.2) is 0 Å². The van der Waals surface area contributed by atoms with Crippen molar-refractivity contribution in [2.24, 2.45) is 5.73 Å². The van der Waals surface area contributed by atoms with Crippen molar-refractivity contribution in [3.63, 3.8) is 0 Å². The summed E-state index contributed by atoms with van der Waals surface area (Å²) in [6.45, 7) is 9.55. The highest BCUT2D eigenvalue weighted by molar-refractivity contribution is 5.26. The van der Waals surface area contributed by atoms with Gasteiger partial charge in [-0.1, -0.05) is 12.2 Å². The van der Waals surface area contributed by atoms with Crippen LogP contribution in [0.3, 0.4) is 0 Å². The summed E-state index contributed by atoms with van der Waals surface area (Å²) in [5, 5.41) is 0. The lowest BCUT2D eigenvalue weighted by Gasteiger charge is -1.99. The Morgan fingerprint density at radius 2 is 1.62 bits per heavy atom. The van der Waals surface area contributed by atoms with Crippen LogP contribution in [0.5, 0.6) is 0 Å². The largest absolute Gasteiger partial charge is 0.399 e. The van der Waals surface area contributed by atoms with E-state index in [1.165, 1.54) is 0 Å². The molecule has 0 saturated carbocycles. The van der Waals surface area contributed by atoms with Gasteiger partial charge in [0.05, 0.1) is 0 Å². The van der Waals surface area contributed by atoms with Gasteiger partial charge in [0.2, 0.25) is 0 Å². The minimum atomic E-state index is 0.824. The van der Waals surface area contributed by atoms with E-state index in [0.717, 1.165) is 16.8 Å². The Morgan fingerprint density at radius 1 is 1.25 bits per heavy atom. The first kappa shape index (κ1) is 7.28. The zero-order chi connectivity index (χ0) is 6.73. The van der Waals surface area contributed by atoms with E-state index in [1.807, 2.05) is 20.8 Å². The second kappa shape index (κ2) is 2.55. The molecule has 0 bridgehead atoms. The Kier molecular flexibility index (Phi) is 2.32. The second-order valence-electron chi connectivity index (χ2n) is 2.19. The van der Waals surface area contributed by atoms with E-state index < -0.39 is 0 Å². The Bertz CT molecular complexity index is 127. The van der Waals surface area contributed by atoms with E-state index >= 15 is 0 Å². The highest BCUT2D eigenvalue weighted by Gasteiger charge is 1.89. The Morgan fingerprint density at radius 3 is 1.62 bits per heavy atom. The molecule has 0 spiro atoms. The predicted octanol–water partition coefficient (Wildman–Crippen LogP) is 1.82. The fraction of sp³-hybridized carbons (Fsp3) is 0.429. The summed E-state index contributed by atoms with van der Waals surface area (Å²) in [6.07, 6.45) is 0. The van der Waals surface area contributed by atoms with Crippen LogP contribution in [0.15, 0.2) is 23.4 Å². The van der Waals surface area contributed by atoms with Gasteiger partial charge in [0, 0.05) is 5.70 Å². The highest BCUT2D eigenvalue weighted by atomic mass is 14.6. The minimum absolute atomic E-state index is 0.824. The fourth-order valence-corrected chi connectivity index (χ4v) is 0.427. The van der Waals surface area contributed by atoms with Gasteiger partial charge in [0.1, 0.15) is 0 Å². The lowest BCUT2D eigenvalue weighted by molar-refractivity contribution is 1.20. The SMILES string of the molecule is C=C(C)C(N)=C(C)C. The maximum atomic E-state index is 5.54. The van der Waals surface area contributed by atoms with Crippen LogP contribution in [0.1, 0.15) is 20.8 Å². The Hall–Kier alpha value is -0.720. The molecule has 0 saturated heterocycles. The monoisotopic (exact) mass is 111 g/mol. The lowest BCUT2D eigenvalue weighted by atomic mass is 10.2. The molecule has 1 nitrogen and oxygen atoms in total. The van der Waals surface area contributed by atoms with Gasteiger partial charge in [-0.25, -0.2) is 0 Å². The average Bonchev–Trinajstić information content (AvgIpc) is 1.64. The Labute approximate surface area is 50.9 Å². The lowest BCUT2D eigenvalue weighted by Crippen LogP contribution is -1.99. The molecule has 0 aromatic carbocycles. The van der Waals surface area contributed by atoms with Gasteiger partial charge in [0.25, 0.3) is 0 Å². The van der Waals surface area contributed by atoms with Gasteiger partial charge in [-0.05, 0) is 26.3 Å². The van der Waals surface area contributed by atoms with Gasteiger partial charge in [-0.2, -0.15) is 0 Å². The number of rotatable bonds is 1. The third-order valence-electron chi connectivity index (χ3n) is 0.998. The quantitative estimate of drug-likeness (QED) is 0.513. The van der Waals surface area contributed by atoms with Crippen LogP contribution in [0, 0.1) is 0 Å². The van der Waals surface area contributed by atoms with Gasteiger partial charge >= 0.3 is 0 Å². The molecule has 46 valence electrons. The normalized spacial score (nSPS) is 8.38. The molecule has 0 aliphatic carbocycles. The first-order valence-corrected chi connectivity index (χ1v) is 2.64. The molecular weight excluding hydrogens is 98.1 g/mol. The molecule has 0 aliphatic heterocycles. The van der Waals surface area contributed by atoms with Gasteiger partial charge in [-0.3, -0.25) is 0 Å². The Balaban J connectivity index is 4.23. The van der Waals surface area contributed by atoms with Crippen LogP contribution in [-0.2, 0) is 0 Å². The van der Waals surface area contributed by atoms with E-state index in [4.69, 9.17) is 5.73 Å². The van der Waals surface area contributed by atoms with Crippen molar-refractivity contribution in [3.8, 4) is 0 Å². The summed E-state index contributed by atoms with van der Waals surface area (Å²) in [6, 6.07) is 0. The zero-order valence-electron chi connectivity index (χ0n) is 5.78. The summed E-state index contributed by atoms with van der Waals surface area (Å²) in [7, 11) is 0. The van der Waals surface area contributed by atoms with Gasteiger partial charge < -0.3 is 5.73 Å². The third kappa shape index (κ3) is 1.82. The molecule has 0 unspecified atom stereocenters. The van der Waals surface area contributed by atoms with E-state index in [2.05, 4.69) is 6.58 Å². The van der Waals surface area contributed by atoms with Crippen molar-refractivity contribution in [1.82, 2.24) is 0 Å². The predicted molar refractivity (Wildman–Crippen MR) is 37.4 cm³/mol. The average molecular weight is 111 g/mol. The topological polar surface area (TPSA) is 26.0 Å². The first-order chi connectivity index (χ1) is 3.55. The minimum Gasteiger partial charge on any atom is -0.399 e. The molecule has 0 aliphatic rings. The maximum Gasteiger partial charge on any atom is 0.0324 e. The molecule has 0 rings (SSSR count). The van der Waals surface area contributed by atoms with Crippen molar-refractivity contribution >= 4 is 0 Å². The summed E-state index contributed by atoms with van der Waals surface area (Å²) < 4.78 is 0. The summed E-state index contributed by atoms with van der Waals surface area (Å²) in [5.74, 6) is 0. The second-order valence-corrected chi connectivity index (χ2v) is 2.19. The molecule has 1 heteroatoms. The third-order valence-corrected chi connectivity index (χ3v) is 0.998.